The summed E-state index contributed by atoms with van der Waals surface area (Å²) >= 11 is 5.21. The smallest absolute Gasteiger partial charge is 0.231 e. The highest BCUT2D eigenvalue weighted by Crippen LogP contribution is 2.35. The average Bonchev–Trinajstić information content (AvgIpc) is 3.06. The highest BCUT2D eigenvalue weighted by Gasteiger charge is 2.16. The van der Waals surface area contributed by atoms with Gasteiger partial charge in [0.15, 0.2) is 10.7 Å². The molecule has 0 radical (unpaired) electrons. The summed E-state index contributed by atoms with van der Waals surface area (Å²) < 4.78 is 5.76. The lowest BCUT2D eigenvalue weighted by molar-refractivity contribution is -0.119. The summed E-state index contributed by atoms with van der Waals surface area (Å²) in [6, 6.07) is 10.8. The van der Waals surface area contributed by atoms with Crippen LogP contribution < -0.4 is 10.6 Å². The molecule has 0 aliphatic carbocycles. The van der Waals surface area contributed by atoms with Gasteiger partial charge in [-0.25, -0.2) is 4.98 Å². The molecule has 0 atom stereocenters. The maximum absolute atomic E-state index is 11.8. The second kappa shape index (κ2) is 8.18. The van der Waals surface area contributed by atoms with Gasteiger partial charge in [0.2, 0.25) is 11.8 Å². The number of carbonyl (C=O) groups is 1. The van der Waals surface area contributed by atoms with Crippen molar-refractivity contribution in [2.45, 2.75) is 33.1 Å². The van der Waals surface area contributed by atoms with Crippen LogP contribution in [0.5, 0.6) is 5.75 Å². The fraction of sp³-hybridized carbons (Fsp3) is 0.250. The SMILES string of the molecule is CCCCC(=O)NC(=S)Nc1cc(C)c(O)c(-c2nc3ccccc3o2)c1. The summed E-state index contributed by atoms with van der Waals surface area (Å²) in [5.74, 6) is 0.285. The zero-order valence-electron chi connectivity index (χ0n) is 15.2. The van der Waals surface area contributed by atoms with E-state index in [9.17, 15) is 9.90 Å². The summed E-state index contributed by atoms with van der Waals surface area (Å²) in [4.78, 5) is 16.2. The number of benzene rings is 2. The number of aryl methyl sites for hydroxylation is 1. The van der Waals surface area contributed by atoms with Gasteiger partial charge in [0.25, 0.3) is 0 Å². The number of carbonyl (C=O) groups excluding carboxylic acids is 1. The highest BCUT2D eigenvalue weighted by molar-refractivity contribution is 7.80. The largest absolute Gasteiger partial charge is 0.507 e. The average molecular weight is 383 g/mol. The highest BCUT2D eigenvalue weighted by atomic mass is 32.1. The van der Waals surface area contributed by atoms with Gasteiger partial charge in [-0.15, -0.1) is 0 Å². The molecule has 0 saturated carbocycles. The van der Waals surface area contributed by atoms with Gasteiger partial charge in [-0.3, -0.25) is 4.79 Å². The first-order valence-corrected chi connectivity index (χ1v) is 9.19. The van der Waals surface area contributed by atoms with Crippen LogP contribution in [0.25, 0.3) is 22.6 Å². The minimum atomic E-state index is -0.121. The van der Waals surface area contributed by atoms with Crippen molar-refractivity contribution >= 4 is 40.0 Å². The van der Waals surface area contributed by atoms with Crippen LogP contribution in [0.2, 0.25) is 0 Å². The number of amides is 1. The monoisotopic (exact) mass is 383 g/mol. The summed E-state index contributed by atoms with van der Waals surface area (Å²) in [6.45, 7) is 3.80. The number of anilines is 1. The van der Waals surface area contributed by atoms with Crippen LogP contribution in [0.1, 0.15) is 31.7 Å². The van der Waals surface area contributed by atoms with Crippen LogP contribution in [0.4, 0.5) is 5.69 Å². The van der Waals surface area contributed by atoms with Crippen LogP contribution in [-0.2, 0) is 4.79 Å². The Morgan fingerprint density at radius 3 is 2.81 bits per heavy atom. The first-order valence-electron chi connectivity index (χ1n) is 8.78. The lowest BCUT2D eigenvalue weighted by atomic mass is 10.1. The van der Waals surface area contributed by atoms with Crippen LogP contribution in [0.15, 0.2) is 40.8 Å². The molecule has 7 heteroatoms. The van der Waals surface area contributed by atoms with Gasteiger partial charge < -0.3 is 20.2 Å². The number of nitrogens with one attached hydrogen (secondary N) is 2. The van der Waals surface area contributed by atoms with E-state index in [4.69, 9.17) is 16.6 Å². The van der Waals surface area contributed by atoms with Gasteiger partial charge in [-0.05, 0) is 55.4 Å². The standard InChI is InChI=1S/C20H21N3O3S/c1-3-4-9-17(24)23-20(27)21-13-10-12(2)18(25)14(11-13)19-22-15-7-5-6-8-16(15)26-19/h5-8,10-11,25H,3-4,9H2,1-2H3,(H2,21,23,24,27). The van der Waals surface area contributed by atoms with Crippen molar-refractivity contribution < 1.29 is 14.3 Å². The van der Waals surface area contributed by atoms with Crippen molar-refractivity contribution in [3.8, 4) is 17.2 Å². The molecule has 1 heterocycles. The number of unbranched alkanes of at least 4 members (excludes halogenated alkanes) is 1. The zero-order chi connectivity index (χ0) is 19.4. The predicted molar refractivity (Wildman–Crippen MR) is 110 cm³/mol. The molecule has 0 fully saturated rings. The number of thiocarbonyl (C=S) groups is 1. The molecule has 0 aliphatic heterocycles. The van der Waals surface area contributed by atoms with Crippen LogP contribution in [0.3, 0.4) is 0 Å². The summed E-state index contributed by atoms with van der Waals surface area (Å²) in [7, 11) is 0. The Morgan fingerprint density at radius 2 is 2.07 bits per heavy atom. The molecule has 0 unspecified atom stereocenters. The Kier molecular flexibility index (Phi) is 5.71. The molecular formula is C20H21N3O3S. The fourth-order valence-corrected chi connectivity index (χ4v) is 2.92. The number of para-hydroxylation sites is 2. The lowest BCUT2D eigenvalue weighted by Crippen LogP contribution is -2.33. The number of aromatic nitrogens is 1. The first kappa shape index (κ1) is 18.8. The van der Waals surface area contributed by atoms with E-state index in [-0.39, 0.29) is 16.8 Å². The molecule has 6 nitrogen and oxygen atoms in total. The summed E-state index contributed by atoms with van der Waals surface area (Å²) in [5, 5.41) is 16.3. The van der Waals surface area contributed by atoms with Crippen LogP contribution >= 0.6 is 12.2 Å². The quantitative estimate of drug-likeness (QED) is 0.444. The van der Waals surface area contributed by atoms with E-state index in [0.717, 1.165) is 12.8 Å². The third kappa shape index (κ3) is 4.43. The third-order valence-electron chi connectivity index (χ3n) is 4.09. The van der Waals surface area contributed by atoms with Crippen LogP contribution in [-0.4, -0.2) is 21.1 Å². The molecular weight excluding hydrogens is 362 g/mol. The molecule has 0 aliphatic rings. The van der Waals surface area contributed by atoms with Crippen molar-refractivity contribution in [3.63, 3.8) is 0 Å². The molecule has 0 bridgehead atoms. The molecule has 3 N–H and O–H groups in total. The van der Waals surface area contributed by atoms with Gasteiger partial charge in [0, 0.05) is 12.1 Å². The van der Waals surface area contributed by atoms with Crippen LogP contribution in [0, 0.1) is 6.92 Å². The topological polar surface area (TPSA) is 87.4 Å². The second-order valence-electron chi connectivity index (χ2n) is 6.28. The van der Waals surface area contributed by atoms with E-state index >= 15 is 0 Å². The number of oxazole rings is 1. The van der Waals surface area contributed by atoms with E-state index in [1.165, 1.54) is 0 Å². The zero-order valence-corrected chi connectivity index (χ0v) is 16.0. The molecule has 0 spiro atoms. The van der Waals surface area contributed by atoms with Gasteiger partial charge in [-0.2, -0.15) is 0 Å². The van der Waals surface area contributed by atoms with Gasteiger partial charge >= 0.3 is 0 Å². The second-order valence-corrected chi connectivity index (χ2v) is 6.69. The Balaban J connectivity index is 1.83. The normalized spacial score (nSPS) is 10.7. The molecule has 3 rings (SSSR count). The number of rotatable bonds is 5. The van der Waals surface area contributed by atoms with Crippen molar-refractivity contribution in [1.29, 1.82) is 0 Å². The maximum atomic E-state index is 11.8. The molecule has 2 aromatic carbocycles. The number of phenolic OH excluding ortho intramolecular Hbond substituents is 1. The number of aromatic hydroxyl groups is 1. The number of nitrogens with zero attached hydrogens (tertiary/aromatic N) is 1. The Bertz CT molecular complexity index is 964. The van der Waals surface area contributed by atoms with Crippen molar-refractivity contribution in [2.75, 3.05) is 5.32 Å². The number of phenols is 1. The maximum Gasteiger partial charge on any atom is 0.231 e. The molecule has 3 aromatic rings. The van der Waals surface area contributed by atoms with Gasteiger partial charge in [0.05, 0.1) is 5.56 Å². The van der Waals surface area contributed by atoms with Crippen molar-refractivity contribution in [3.05, 3.63) is 42.0 Å². The van der Waals surface area contributed by atoms with Gasteiger partial charge in [-0.1, -0.05) is 25.5 Å². The van der Waals surface area contributed by atoms with Crippen molar-refractivity contribution in [1.82, 2.24) is 10.3 Å². The summed E-state index contributed by atoms with van der Waals surface area (Å²) in [5.41, 5.74) is 3.07. The minimum absolute atomic E-state index is 0.0880. The Hall–Kier alpha value is -2.93. The number of hydrogen-bond acceptors (Lipinski definition) is 5. The van der Waals surface area contributed by atoms with E-state index in [2.05, 4.69) is 15.6 Å². The first-order chi connectivity index (χ1) is 13.0. The lowest BCUT2D eigenvalue weighted by Gasteiger charge is -2.12. The predicted octanol–water partition coefficient (Wildman–Crippen LogP) is 4.51. The number of fused-ring (bicyclic) bond motifs is 1. The third-order valence-corrected chi connectivity index (χ3v) is 4.30. The molecule has 1 amide bonds. The molecule has 1 aromatic heterocycles. The molecule has 27 heavy (non-hydrogen) atoms. The van der Waals surface area contributed by atoms with E-state index in [0.29, 0.717) is 40.2 Å². The molecule has 140 valence electrons. The molecule has 0 saturated heterocycles. The van der Waals surface area contributed by atoms with Gasteiger partial charge in [0.1, 0.15) is 11.3 Å². The Morgan fingerprint density at radius 1 is 1.30 bits per heavy atom. The van der Waals surface area contributed by atoms with E-state index in [1.807, 2.05) is 31.2 Å². The summed E-state index contributed by atoms with van der Waals surface area (Å²) in [6.07, 6.45) is 2.19. The fourth-order valence-electron chi connectivity index (χ4n) is 2.69. The number of hydrogen-bond donors (Lipinski definition) is 3. The van der Waals surface area contributed by atoms with E-state index in [1.54, 1.807) is 19.1 Å². The Labute approximate surface area is 162 Å². The van der Waals surface area contributed by atoms with E-state index < -0.39 is 0 Å². The minimum Gasteiger partial charge on any atom is -0.507 e. The van der Waals surface area contributed by atoms with Crippen molar-refractivity contribution in [2.24, 2.45) is 0 Å².